The smallest absolute Gasteiger partial charge is 0.379 e. The van der Waals surface area contributed by atoms with Gasteiger partial charge in [-0.05, 0) is 26.0 Å². The van der Waals surface area contributed by atoms with Crippen LogP contribution in [0, 0.1) is 0 Å². The zero-order valence-corrected chi connectivity index (χ0v) is 16.5. The summed E-state index contributed by atoms with van der Waals surface area (Å²) in [6.07, 6.45) is 0.272. The van der Waals surface area contributed by atoms with E-state index in [1.54, 1.807) is 32.0 Å². The summed E-state index contributed by atoms with van der Waals surface area (Å²) in [6, 6.07) is 6.44. The molecule has 1 aromatic heterocycles. The van der Waals surface area contributed by atoms with E-state index in [-0.39, 0.29) is 30.1 Å². The molecule has 0 bridgehead atoms. The first-order chi connectivity index (χ1) is 13.2. The van der Waals surface area contributed by atoms with Crippen LogP contribution in [0.1, 0.15) is 30.8 Å². The first kappa shape index (κ1) is 21.3. The monoisotopic (exact) mass is 392 g/mol. The molecule has 0 aliphatic rings. The van der Waals surface area contributed by atoms with Crippen LogP contribution in [-0.2, 0) is 4.74 Å². The van der Waals surface area contributed by atoms with E-state index in [0.29, 0.717) is 17.1 Å². The number of hydrogen-bond donors (Lipinski definition) is 1. The van der Waals surface area contributed by atoms with Gasteiger partial charge in [-0.2, -0.15) is 0 Å². The molecule has 1 N–H and O–H groups in total. The zero-order chi connectivity index (χ0) is 20.9. The van der Waals surface area contributed by atoms with Crippen molar-refractivity contribution in [3.63, 3.8) is 0 Å². The third-order valence-corrected chi connectivity index (χ3v) is 3.95. The highest BCUT2D eigenvalue weighted by Crippen LogP contribution is 2.42. The van der Waals surface area contributed by atoms with Gasteiger partial charge in [-0.3, -0.25) is 0 Å². The van der Waals surface area contributed by atoms with Crippen molar-refractivity contribution < 1.29 is 33.3 Å². The summed E-state index contributed by atoms with van der Waals surface area (Å²) >= 11 is 0. The maximum absolute atomic E-state index is 12.6. The van der Waals surface area contributed by atoms with E-state index < -0.39 is 17.2 Å². The normalized spacial score (nSPS) is 11.1. The molecule has 2 aromatic rings. The number of benzene rings is 1. The second kappa shape index (κ2) is 8.79. The van der Waals surface area contributed by atoms with Crippen molar-refractivity contribution >= 4 is 5.97 Å². The summed E-state index contributed by atoms with van der Waals surface area (Å²) in [5.41, 5.74) is -1.17. The average Bonchev–Trinajstić information content (AvgIpc) is 2.66. The maximum Gasteiger partial charge on any atom is 0.379 e. The maximum atomic E-state index is 12.6. The molecule has 8 nitrogen and oxygen atoms in total. The van der Waals surface area contributed by atoms with Crippen LogP contribution in [0.25, 0.3) is 11.1 Å². The molecule has 28 heavy (non-hydrogen) atoms. The van der Waals surface area contributed by atoms with Crippen molar-refractivity contribution in [2.24, 2.45) is 0 Å². The Bertz CT molecular complexity index is 870. The molecule has 1 heterocycles. The summed E-state index contributed by atoms with van der Waals surface area (Å²) in [6.45, 7) is 3.31. The van der Waals surface area contributed by atoms with Gasteiger partial charge in [0, 0.05) is 18.1 Å². The summed E-state index contributed by atoms with van der Waals surface area (Å²) < 4.78 is 26.1. The van der Waals surface area contributed by atoms with Gasteiger partial charge in [-0.15, -0.1) is 0 Å². The van der Waals surface area contributed by atoms with Crippen molar-refractivity contribution in [1.29, 1.82) is 0 Å². The zero-order valence-electron chi connectivity index (χ0n) is 16.5. The van der Waals surface area contributed by atoms with Crippen molar-refractivity contribution in [3.05, 3.63) is 40.4 Å². The Morgan fingerprint density at radius 1 is 1.14 bits per heavy atom. The first-order valence-corrected chi connectivity index (χ1v) is 8.54. The lowest BCUT2D eigenvalue weighted by molar-refractivity contribution is 0.0541. The van der Waals surface area contributed by atoms with Crippen LogP contribution in [0.5, 0.6) is 17.2 Å². The summed E-state index contributed by atoms with van der Waals surface area (Å²) in [5.74, 6) is -0.401. The van der Waals surface area contributed by atoms with Gasteiger partial charge in [0.25, 0.3) is 0 Å². The van der Waals surface area contributed by atoms with Crippen LogP contribution in [0.3, 0.4) is 0 Å². The van der Waals surface area contributed by atoms with E-state index in [4.69, 9.17) is 18.6 Å². The molecule has 0 saturated heterocycles. The van der Waals surface area contributed by atoms with Crippen LogP contribution < -0.4 is 19.8 Å². The number of rotatable bonds is 8. The van der Waals surface area contributed by atoms with E-state index in [2.05, 4.69) is 4.74 Å². The Hall–Kier alpha value is -3.00. The lowest BCUT2D eigenvalue weighted by Gasteiger charge is -2.19. The van der Waals surface area contributed by atoms with E-state index in [1.165, 1.54) is 27.4 Å². The van der Waals surface area contributed by atoms with Crippen LogP contribution >= 0.6 is 0 Å². The lowest BCUT2D eigenvalue weighted by atomic mass is 10.0. The largest absolute Gasteiger partial charge is 0.496 e. The second-order valence-corrected chi connectivity index (χ2v) is 6.58. The van der Waals surface area contributed by atoms with Gasteiger partial charge in [0.2, 0.25) is 11.5 Å². The van der Waals surface area contributed by atoms with Gasteiger partial charge < -0.3 is 28.5 Å². The van der Waals surface area contributed by atoms with Crippen LogP contribution in [0.2, 0.25) is 0 Å². The SMILES string of the molecule is COC(=O)c1cc(-c2c(OC)cccc2OC)c(OCCC(C)(C)O)c(=O)o1. The molecular formula is C20H24O8. The number of aliphatic hydroxyl groups is 1. The van der Waals surface area contributed by atoms with Gasteiger partial charge >= 0.3 is 11.6 Å². The van der Waals surface area contributed by atoms with Gasteiger partial charge in [0.05, 0.1) is 39.1 Å². The molecule has 0 aliphatic heterocycles. The molecule has 1 aromatic carbocycles. The Kier molecular flexibility index (Phi) is 6.69. The third kappa shape index (κ3) is 4.83. The second-order valence-electron chi connectivity index (χ2n) is 6.58. The van der Waals surface area contributed by atoms with Crippen molar-refractivity contribution in [3.8, 4) is 28.4 Å². The predicted octanol–water partition coefficient (Wildman–Crippen LogP) is 2.65. The number of esters is 1. The molecule has 152 valence electrons. The van der Waals surface area contributed by atoms with Gasteiger partial charge in [0.15, 0.2) is 0 Å². The molecule has 0 aliphatic carbocycles. The van der Waals surface area contributed by atoms with E-state index in [1.807, 2.05) is 0 Å². The average molecular weight is 392 g/mol. The van der Waals surface area contributed by atoms with Crippen LogP contribution in [0.15, 0.2) is 33.5 Å². The summed E-state index contributed by atoms with van der Waals surface area (Å²) in [4.78, 5) is 24.5. The summed E-state index contributed by atoms with van der Waals surface area (Å²) in [5, 5.41) is 9.88. The van der Waals surface area contributed by atoms with Crippen molar-refractivity contribution in [1.82, 2.24) is 0 Å². The van der Waals surface area contributed by atoms with E-state index in [9.17, 15) is 14.7 Å². The minimum atomic E-state index is -0.978. The lowest BCUT2D eigenvalue weighted by Crippen LogP contribution is -2.23. The Labute approximate surface area is 162 Å². The number of ether oxygens (including phenoxy) is 4. The molecule has 0 unspecified atom stereocenters. The van der Waals surface area contributed by atoms with Gasteiger partial charge in [-0.25, -0.2) is 9.59 Å². The summed E-state index contributed by atoms with van der Waals surface area (Å²) in [7, 11) is 4.12. The molecular weight excluding hydrogens is 368 g/mol. The molecule has 0 atom stereocenters. The molecule has 8 heteroatoms. The fourth-order valence-electron chi connectivity index (χ4n) is 2.53. The van der Waals surface area contributed by atoms with Crippen LogP contribution in [0.4, 0.5) is 0 Å². The first-order valence-electron chi connectivity index (χ1n) is 8.54. The number of methoxy groups -OCH3 is 3. The third-order valence-electron chi connectivity index (χ3n) is 3.95. The number of hydrogen-bond acceptors (Lipinski definition) is 8. The fourth-order valence-corrected chi connectivity index (χ4v) is 2.53. The highest BCUT2D eigenvalue weighted by molar-refractivity contribution is 5.90. The standard InChI is InChI=1S/C20H24O8/c1-20(2,23)9-10-27-17-12(11-15(18(21)26-5)28-19(17)22)16-13(24-3)7-6-8-14(16)25-4/h6-8,11,23H,9-10H2,1-5H3. The van der Waals surface area contributed by atoms with Gasteiger partial charge in [-0.1, -0.05) is 6.07 Å². The fraction of sp³-hybridized carbons (Fsp3) is 0.400. The van der Waals surface area contributed by atoms with E-state index in [0.717, 1.165) is 0 Å². The van der Waals surface area contributed by atoms with Gasteiger partial charge in [0.1, 0.15) is 11.5 Å². The van der Waals surface area contributed by atoms with Crippen molar-refractivity contribution in [2.75, 3.05) is 27.9 Å². The molecule has 0 fully saturated rings. The topological polar surface area (TPSA) is 104 Å². The Morgan fingerprint density at radius 3 is 2.25 bits per heavy atom. The highest BCUT2D eigenvalue weighted by Gasteiger charge is 2.24. The minimum absolute atomic E-state index is 0.0519. The molecule has 0 radical (unpaired) electrons. The predicted molar refractivity (Wildman–Crippen MR) is 101 cm³/mol. The minimum Gasteiger partial charge on any atom is -0.496 e. The molecule has 0 amide bonds. The number of carbonyl (C=O) groups is 1. The molecule has 0 spiro atoms. The van der Waals surface area contributed by atoms with Crippen LogP contribution in [-0.4, -0.2) is 44.6 Å². The Morgan fingerprint density at radius 2 is 1.75 bits per heavy atom. The molecule has 2 rings (SSSR count). The quantitative estimate of drug-likeness (QED) is 0.684. The highest BCUT2D eigenvalue weighted by atomic mass is 16.5. The molecule has 0 saturated carbocycles. The Balaban J connectivity index is 2.67. The number of carbonyl (C=O) groups excluding carboxylic acids is 1. The van der Waals surface area contributed by atoms with E-state index >= 15 is 0 Å². The van der Waals surface area contributed by atoms with Crippen molar-refractivity contribution in [2.45, 2.75) is 25.9 Å².